The Morgan fingerprint density at radius 3 is 2.52 bits per heavy atom. The Morgan fingerprint density at radius 1 is 1.20 bits per heavy atom. The monoisotopic (exact) mass is 380 g/mol. The Hall–Kier alpha value is -1.56. The van der Waals surface area contributed by atoms with Crippen molar-refractivity contribution in [2.75, 3.05) is 18.4 Å². The number of halogens is 2. The van der Waals surface area contributed by atoms with Crippen LogP contribution in [0.3, 0.4) is 0 Å². The summed E-state index contributed by atoms with van der Waals surface area (Å²) in [6.45, 7) is 5.34. The predicted octanol–water partition coefficient (Wildman–Crippen LogP) is 3.65. The lowest BCUT2D eigenvalue weighted by Crippen LogP contribution is -2.40. The molecule has 25 heavy (non-hydrogen) atoms. The number of hydrogen-bond acceptors (Lipinski definition) is 4. The first-order chi connectivity index (χ1) is 12.0. The van der Waals surface area contributed by atoms with Crippen molar-refractivity contribution in [2.24, 2.45) is 0 Å². The number of anilines is 1. The molecule has 134 valence electrons. The van der Waals surface area contributed by atoms with Crippen molar-refractivity contribution in [3.8, 4) is 0 Å². The van der Waals surface area contributed by atoms with Gasteiger partial charge in [-0.2, -0.15) is 0 Å². The van der Waals surface area contributed by atoms with E-state index in [2.05, 4.69) is 15.2 Å². The second kappa shape index (κ2) is 8.21. The van der Waals surface area contributed by atoms with E-state index in [0.29, 0.717) is 22.4 Å². The number of nitrogens with one attached hydrogen (secondary N) is 1. The van der Waals surface area contributed by atoms with Crippen molar-refractivity contribution in [1.29, 1.82) is 0 Å². The van der Waals surface area contributed by atoms with Gasteiger partial charge in [-0.1, -0.05) is 23.2 Å². The first kappa shape index (κ1) is 18.2. The van der Waals surface area contributed by atoms with Crippen LogP contribution in [-0.2, 0) is 13.1 Å². The summed E-state index contributed by atoms with van der Waals surface area (Å²) in [6, 6.07) is 5.93. The molecule has 1 aliphatic rings. The maximum atomic E-state index is 12.2. The fourth-order valence-corrected chi connectivity index (χ4v) is 3.76. The number of hydrogen-bond donors (Lipinski definition) is 1. The van der Waals surface area contributed by atoms with Gasteiger partial charge >= 0.3 is 0 Å². The quantitative estimate of drug-likeness (QED) is 0.859. The summed E-state index contributed by atoms with van der Waals surface area (Å²) in [5, 5.41) is 4.65. The van der Waals surface area contributed by atoms with Crippen LogP contribution in [0, 0.1) is 0 Å². The SMILES string of the molecule is CCn1ccnc(NC2CCN(Cc3cc(Cl)cc(Cl)c3)CC2)c1=O. The molecule has 0 aliphatic carbocycles. The summed E-state index contributed by atoms with van der Waals surface area (Å²) in [6.07, 6.45) is 5.32. The molecule has 1 aromatic heterocycles. The van der Waals surface area contributed by atoms with Gasteiger partial charge in [0.25, 0.3) is 5.56 Å². The van der Waals surface area contributed by atoms with Crippen LogP contribution in [0.15, 0.2) is 35.4 Å². The summed E-state index contributed by atoms with van der Waals surface area (Å²) in [4.78, 5) is 18.8. The lowest BCUT2D eigenvalue weighted by Gasteiger charge is -2.32. The van der Waals surface area contributed by atoms with Gasteiger partial charge in [-0.3, -0.25) is 9.69 Å². The van der Waals surface area contributed by atoms with Crippen molar-refractivity contribution in [3.05, 3.63) is 56.6 Å². The lowest BCUT2D eigenvalue weighted by atomic mass is 10.0. The molecular weight excluding hydrogens is 359 g/mol. The van der Waals surface area contributed by atoms with Crippen LogP contribution in [0.1, 0.15) is 25.3 Å². The van der Waals surface area contributed by atoms with Crippen molar-refractivity contribution >= 4 is 29.0 Å². The highest BCUT2D eigenvalue weighted by molar-refractivity contribution is 6.34. The highest BCUT2D eigenvalue weighted by atomic mass is 35.5. The van der Waals surface area contributed by atoms with Gasteiger partial charge in [0.2, 0.25) is 0 Å². The Balaban J connectivity index is 1.56. The van der Waals surface area contributed by atoms with E-state index >= 15 is 0 Å². The van der Waals surface area contributed by atoms with Crippen LogP contribution < -0.4 is 10.9 Å². The number of aromatic nitrogens is 2. The Morgan fingerprint density at radius 2 is 1.88 bits per heavy atom. The van der Waals surface area contributed by atoms with E-state index in [-0.39, 0.29) is 11.6 Å². The molecule has 1 fully saturated rings. The van der Waals surface area contributed by atoms with Gasteiger partial charge in [0.1, 0.15) is 0 Å². The minimum absolute atomic E-state index is 0.0546. The number of piperidine rings is 1. The van der Waals surface area contributed by atoms with Gasteiger partial charge in [-0.25, -0.2) is 4.98 Å². The van der Waals surface area contributed by atoms with Crippen molar-refractivity contribution < 1.29 is 0 Å². The molecule has 0 bridgehead atoms. The number of likely N-dealkylation sites (tertiary alicyclic amines) is 1. The smallest absolute Gasteiger partial charge is 0.293 e. The van der Waals surface area contributed by atoms with Gasteiger partial charge < -0.3 is 9.88 Å². The van der Waals surface area contributed by atoms with Gasteiger partial charge in [0, 0.05) is 54.7 Å². The first-order valence-corrected chi connectivity index (χ1v) is 9.30. The fourth-order valence-electron chi connectivity index (χ4n) is 3.18. The molecule has 1 N–H and O–H groups in total. The maximum Gasteiger partial charge on any atom is 0.293 e. The molecule has 1 aromatic carbocycles. The third-order valence-electron chi connectivity index (χ3n) is 4.51. The Labute approximate surface area is 157 Å². The number of aryl methyl sites for hydroxylation is 1. The highest BCUT2D eigenvalue weighted by Crippen LogP contribution is 2.22. The molecule has 3 rings (SSSR count). The van der Waals surface area contributed by atoms with Crippen LogP contribution in [0.4, 0.5) is 5.82 Å². The number of nitrogens with zero attached hydrogens (tertiary/aromatic N) is 3. The molecule has 0 radical (unpaired) electrons. The number of benzene rings is 1. The van der Waals surface area contributed by atoms with Gasteiger partial charge in [0.15, 0.2) is 5.82 Å². The summed E-state index contributed by atoms with van der Waals surface area (Å²) in [7, 11) is 0. The second-order valence-electron chi connectivity index (χ2n) is 6.34. The normalized spacial score (nSPS) is 16.1. The summed E-state index contributed by atoms with van der Waals surface area (Å²) < 4.78 is 1.66. The molecule has 1 saturated heterocycles. The van der Waals surface area contributed by atoms with E-state index in [9.17, 15) is 4.79 Å². The number of rotatable bonds is 5. The van der Waals surface area contributed by atoms with E-state index < -0.39 is 0 Å². The average Bonchev–Trinajstić information content (AvgIpc) is 2.57. The predicted molar refractivity (Wildman–Crippen MR) is 103 cm³/mol. The van der Waals surface area contributed by atoms with Crippen molar-refractivity contribution in [1.82, 2.24) is 14.5 Å². The fraction of sp³-hybridized carbons (Fsp3) is 0.444. The molecule has 0 unspecified atom stereocenters. The summed E-state index contributed by atoms with van der Waals surface area (Å²) >= 11 is 12.1. The van der Waals surface area contributed by atoms with Crippen LogP contribution in [0.25, 0.3) is 0 Å². The summed E-state index contributed by atoms with van der Waals surface area (Å²) in [5.74, 6) is 0.449. The second-order valence-corrected chi connectivity index (χ2v) is 7.21. The zero-order valence-electron chi connectivity index (χ0n) is 14.2. The molecule has 7 heteroatoms. The largest absolute Gasteiger partial charge is 0.363 e. The molecule has 0 saturated carbocycles. The van der Waals surface area contributed by atoms with Crippen LogP contribution >= 0.6 is 23.2 Å². The highest BCUT2D eigenvalue weighted by Gasteiger charge is 2.20. The molecule has 0 atom stereocenters. The lowest BCUT2D eigenvalue weighted by molar-refractivity contribution is 0.211. The topological polar surface area (TPSA) is 50.2 Å². The zero-order chi connectivity index (χ0) is 17.8. The van der Waals surface area contributed by atoms with E-state index in [4.69, 9.17) is 23.2 Å². The van der Waals surface area contributed by atoms with Crippen LogP contribution in [0.5, 0.6) is 0 Å². The molecular formula is C18H22Cl2N4O. The minimum atomic E-state index is -0.0546. The zero-order valence-corrected chi connectivity index (χ0v) is 15.7. The van der Waals surface area contributed by atoms with E-state index in [0.717, 1.165) is 38.0 Å². The minimum Gasteiger partial charge on any atom is -0.363 e. The van der Waals surface area contributed by atoms with E-state index in [1.54, 1.807) is 23.0 Å². The third kappa shape index (κ3) is 4.75. The van der Waals surface area contributed by atoms with Crippen LogP contribution in [0.2, 0.25) is 10.0 Å². The Bertz CT molecular complexity index is 765. The maximum absolute atomic E-state index is 12.2. The Kier molecular flexibility index (Phi) is 5.99. The average molecular weight is 381 g/mol. The molecule has 0 amide bonds. The van der Waals surface area contributed by atoms with Crippen molar-refractivity contribution in [2.45, 2.75) is 38.9 Å². The first-order valence-electron chi connectivity index (χ1n) is 8.54. The molecule has 0 spiro atoms. The van der Waals surface area contributed by atoms with Crippen LogP contribution in [-0.4, -0.2) is 33.6 Å². The van der Waals surface area contributed by atoms with E-state index in [1.165, 1.54) is 0 Å². The molecule has 1 aliphatic heterocycles. The van der Waals surface area contributed by atoms with E-state index in [1.807, 2.05) is 19.1 Å². The third-order valence-corrected chi connectivity index (χ3v) is 4.95. The molecule has 5 nitrogen and oxygen atoms in total. The van der Waals surface area contributed by atoms with Gasteiger partial charge in [-0.05, 0) is 43.5 Å². The molecule has 2 aromatic rings. The standard InChI is InChI=1S/C18H22Cl2N4O/c1-2-24-8-5-21-17(18(24)25)22-16-3-6-23(7-4-16)12-13-9-14(19)11-15(20)10-13/h5,8-11,16H,2-4,6-7,12H2,1H3,(H,21,22). The van der Waals surface area contributed by atoms with Gasteiger partial charge in [-0.15, -0.1) is 0 Å². The molecule has 2 heterocycles. The van der Waals surface area contributed by atoms with Gasteiger partial charge in [0.05, 0.1) is 0 Å². The summed E-state index contributed by atoms with van der Waals surface area (Å²) in [5.41, 5.74) is 1.07. The van der Waals surface area contributed by atoms with Crippen molar-refractivity contribution in [3.63, 3.8) is 0 Å².